The molecular formula is C23H34N4O4S2. The largest absolute Gasteiger partial charge is 0.353 e. The van der Waals surface area contributed by atoms with Gasteiger partial charge in [0.05, 0.1) is 10.9 Å². The minimum absolute atomic E-state index is 0.0116. The number of hydrogen-bond acceptors (Lipinski definition) is 6. The molecule has 0 spiro atoms. The van der Waals surface area contributed by atoms with E-state index in [0.717, 1.165) is 30.5 Å². The fraction of sp³-hybridized carbons (Fsp3) is 0.565. The van der Waals surface area contributed by atoms with Crippen LogP contribution in [0.25, 0.3) is 0 Å². The summed E-state index contributed by atoms with van der Waals surface area (Å²) in [4.78, 5) is 28.7. The molecule has 1 aliphatic rings. The van der Waals surface area contributed by atoms with Crippen molar-refractivity contribution < 1.29 is 13.2 Å². The minimum atomic E-state index is -3.71. The summed E-state index contributed by atoms with van der Waals surface area (Å²) in [6, 6.07) is 6.70. The Labute approximate surface area is 200 Å². The second kappa shape index (κ2) is 11.4. The molecule has 1 saturated heterocycles. The van der Waals surface area contributed by atoms with E-state index in [4.69, 9.17) is 0 Å². The number of rotatable bonds is 10. The fourth-order valence-electron chi connectivity index (χ4n) is 4.15. The highest BCUT2D eigenvalue weighted by Crippen LogP contribution is 2.29. The van der Waals surface area contributed by atoms with Crippen LogP contribution < -0.4 is 10.9 Å². The van der Waals surface area contributed by atoms with E-state index in [2.05, 4.69) is 23.2 Å². The third-order valence-corrected chi connectivity index (χ3v) is 9.24. The van der Waals surface area contributed by atoms with E-state index < -0.39 is 15.6 Å². The fourth-order valence-corrected chi connectivity index (χ4v) is 6.49. The summed E-state index contributed by atoms with van der Waals surface area (Å²) in [6.45, 7) is 8.65. The molecular weight excluding hydrogens is 460 g/mol. The SMILES string of the molecule is CCN(CC)S(=O)(=O)c1ccc(=O)n(CC(=O)NCC(c2cccs2)N2CCC(C)CC2)c1. The Morgan fingerprint density at radius 2 is 1.91 bits per heavy atom. The van der Waals surface area contributed by atoms with Crippen molar-refractivity contribution >= 4 is 27.3 Å². The molecule has 1 aliphatic heterocycles. The Hall–Kier alpha value is -2.01. The van der Waals surface area contributed by atoms with Gasteiger partial charge in [0.2, 0.25) is 15.9 Å². The zero-order valence-corrected chi connectivity index (χ0v) is 21.2. The van der Waals surface area contributed by atoms with E-state index in [1.165, 1.54) is 27.5 Å². The number of amides is 1. The van der Waals surface area contributed by atoms with Crippen molar-refractivity contribution in [2.45, 2.75) is 51.1 Å². The van der Waals surface area contributed by atoms with Crippen molar-refractivity contribution in [3.8, 4) is 0 Å². The van der Waals surface area contributed by atoms with E-state index in [1.54, 1.807) is 25.2 Å². The standard InChI is InChI=1S/C23H34N4O4S2/c1-4-27(5-2)33(30,31)19-8-9-23(29)26(16-19)17-22(28)24-15-20(21-7-6-14-32-21)25-12-10-18(3)11-13-25/h6-9,14,16,18,20H,4-5,10-13,15,17H2,1-3H3,(H,24,28). The molecule has 0 saturated carbocycles. The van der Waals surface area contributed by atoms with Crippen LogP contribution in [0.4, 0.5) is 0 Å². The summed E-state index contributed by atoms with van der Waals surface area (Å²) in [5.74, 6) is 0.396. The van der Waals surface area contributed by atoms with E-state index >= 15 is 0 Å². The molecule has 0 aromatic carbocycles. The lowest BCUT2D eigenvalue weighted by Crippen LogP contribution is -2.42. The first-order valence-corrected chi connectivity index (χ1v) is 13.8. The quantitative estimate of drug-likeness (QED) is 0.548. The van der Waals surface area contributed by atoms with Gasteiger partial charge >= 0.3 is 0 Å². The van der Waals surface area contributed by atoms with Gasteiger partial charge in [-0.2, -0.15) is 4.31 Å². The number of nitrogens with one attached hydrogen (secondary N) is 1. The predicted octanol–water partition coefficient (Wildman–Crippen LogP) is 2.53. The first-order chi connectivity index (χ1) is 15.8. The molecule has 10 heteroatoms. The highest BCUT2D eigenvalue weighted by Gasteiger charge is 2.26. The normalized spacial score (nSPS) is 16.7. The van der Waals surface area contributed by atoms with Gasteiger partial charge in [0.15, 0.2) is 0 Å². The number of carbonyl (C=O) groups excluding carboxylic acids is 1. The number of piperidine rings is 1. The summed E-state index contributed by atoms with van der Waals surface area (Å²) >= 11 is 1.68. The maximum atomic E-state index is 12.8. The Bertz CT molecular complexity index is 1070. The van der Waals surface area contributed by atoms with E-state index in [0.29, 0.717) is 25.6 Å². The Morgan fingerprint density at radius 1 is 1.21 bits per heavy atom. The lowest BCUT2D eigenvalue weighted by molar-refractivity contribution is -0.122. The van der Waals surface area contributed by atoms with Crippen molar-refractivity contribution in [2.24, 2.45) is 5.92 Å². The molecule has 182 valence electrons. The lowest BCUT2D eigenvalue weighted by Gasteiger charge is -2.36. The van der Waals surface area contributed by atoms with Crippen molar-refractivity contribution in [3.63, 3.8) is 0 Å². The van der Waals surface area contributed by atoms with E-state index in [-0.39, 0.29) is 23.4 Å². The molecule has 0 aliphatic carbocycles. The molecule has 8 nitrogen and oxygen atoms in total. The molecule has 1 amide bonds. The van der Waals surface area contributed by atoms with Crippen molar-refractivity contribution in [1.82, 2.24) is 19.1 Å². The van der Waals surface area contributed by atoms with Crippen LogP contribution in [0.15, 0.2) is 45.5 Å². The molecule has 2 aromatic heterocycles. The Balaban J connectivity index is 1.70. The van der Waals surface area contributed by atoms with Crippen molar-refractivity contribution in [3.05, 3.63) is 51.1 Å². The van der Waals surface area contributed by atoms with Crippen LogP contribution in [0, 0.1) is 5.92 Å². The Kier molecular flexibility index (Phi) is 8.86. The number of aromatic nitrogens is 1. The molecule has 1 N–H and O–H groups in total. The number of sulfonamides is 1. The van der Waals surface area contributed by atoms with Gasteiger partial charge in [0.1, 0.15) is 6.54 Å². The van der Waals surface area contributed by atoms with Crippen LogP contribution in [0.3, 0.4) is 0 Å². The van der Waals surface area contributed by atoms with Crippen LogP contribution in [0.1, 0.15) is 44.5 Å². The maximum Gasteiger partial charge on any atom is 0.251 e. The third-order valence-electron chi connectivity index (χ3n) is 6.24. The number of pyridine rings is 1. The first-order valence-electron chi connectivity index (χ1n) is 11.5. The van der Waals surface area contributed by atoms with Gasteiger partial charge < -0.3 is 9.88 Å². The molecule has 0 bridgehead atoms. The van der Waals surface area contributed by atoms with Crippen molar-refractivity contribution in [1.29, 1.82) is 0 Å². The van der Waals surface area contributed by atoms with E-state index in [1.807, 2.05) is 11.4 Å². The first kappa shape index (κ1) is 25.6. The second-order valence-electron chi connectivity index (χ2n) is 8.47. The molecule has 1 unspecified atom stereocenters. The van der Waals surface area contributed by atoms with Gasteiger partial charge in [0.25, 0.3) is 5.56 Å². The lowest BCUT2D eigenvalue weighted by atomic mass is 9.97. The summed E-state index contributed by atoms with van der Waals surface area (Å²) < 4.78 is 28.1. The summed E-state index contributed by atoms with van der Waals surface area (Å²) in [5.41, 5.74) is -0.413. The molecule has 3 heterocycles. The van der Waals surface area contributed by atoms with Gasteiger partial charge in [-0.25, -0.2) is 8.42 Å². The van der Waals surface area contributed by atoms with Gasteiger partial charge in [-0.1, -0.05) is 26.8 Å². The number of thiophene rings is 1. The molecule has 1 fully saturated rings. The average Bonchev–Trinajstić information content (AvgIpc) is 3.32. The van der Waals surface area contributed by atoms with Gasteiger partial charge in [-0.05, 0) is 49.4 Å². The number of likely N-dealkylation sites (tertiary alicyclic amines) is 1. The number of hydrogen-bond donors (Lipinski definition) is 1. The molecule has 33 heavy (non-hydrogen) atoms. The Morgan fingerprint density at radius 3 is 2.52 bits per heavy atom. The summed E-state index contributed by atoms with van der Waals surface area (Å²) in [7, 11) is -3.71. The smallest absolute Gasteiger partial charge is 0.251 e. The number of carbonyl (C=O) groups is 1. The van der Waals surface area contributed by atoms with Crippen LogP contribution in [-0.2, 0) is 21.4 Å². The number of nitrogens with zero attached hydrogens (tertiary/aromatic N) is 3. The van der Waals surface area contributed by atoms with Crippen LogP contribution >= 0.6 is 11.3 Å². The second-order valence-corrected chi connectivity index (χ2v) is 11.4. The molecule has 0 radical (unpaired) electrons. The minimum Gasteiger partial charge on any atom is -0.353 e. The maximum absolute atomic E-state index is 12.8. The van der Waals surface area contributed by atoms with Crippen LogP contribution in [-0.4, -0.2) is 60.8 Å². The van der Waals surface area contributed by atoms with Crippen molar-refractivity contribution in [2.75, 3.05) is 32.7 Å². The monoisotopic (exact) mass is 494 g/mol. The molecule has 1 atom stereocenters. The zero-order chi connectivity index (χ0) is 24.0. The molecule has 2 aromatic rings. The highest BCUT2D eigenvalue weighted by atomic mass is 32.2. The average molecular weight is 495 g/mol. The van der Waals surface area contributed by atoms with Gasteiger partial charge in [-0.15, -0.1) is 11.3 Å². The third kappa shape index (κ3) is 6.32. The van der Waals surface area contributed by atoms with Gasteiger partial charge in [0, 0.05) is 36.8 Å². The molecule has 3 rings (SSSR count). The zero-order valence-electron chi connectivity index (χ0n) is 19.6. The predicted molar refractivity (Wildman–Crippen MR) is 131 cm³/mol. The van der Waals surface area contributed by atoms with Gasteiger partial charge in [-0.3, -0.25) is 14.5 Å². The van der Waals surface area contributed by atoms with Crippen LogP contribution in [0.5, 0.6) is 0 Å². The summed E-state index contributed by atoms with van der Waals surface area (Å²) in [5, 5.41) is 5.00. The highest BCUT2D eigenvalue weighted by molar-refractivity contribution is 7.89. The summed E-state index contributed by atoms with van der Waals surface area (Å²) in [6.07, 6.45) is 3.54. The van der Waals surface area contributed by atoms with Crippen LogP contribution in [0.2, 0.25) is 0 Å². The van der Waals surface area contributed by atoms with E-state index in [9.17, 15) is 18.0 Å². The topological polar surface area (TPSA) is 91.7 Å².